The van der Waals surface area contributed by atoms with Crippen LogP contribution in [0.2, 0.25) is 0 Å². The van der Waals surface area contributed by atoms with Gasteiger partial charge in [-0.1, -0.05) is 0 Å². The van der Waals surface area contributed by atoms with Crippen molar-refractivity contribution in [2.45, 2.75) is 51.4 Å². The molecule has 0 amide bonds. The standard InChI is InChI=1S/C13H7F2.C7H12.C5H5.Zr/c14-10-3-1-8-5-9-2-4-11(15)7-13(9)12(8)6-10;1-2-4-6-7-5-3-1;1-2-4-5-3-1;/h1,3-4,6-7H,5H2;1-6H2;1-3H,4H2;. The van der Waals surface area contributed by atoms with Crippen LogP contribution in [0, 0.1) is 11.6 Å². The quantitative estimate of drug-likeness (QED) is 0.408. The molecule has 0 bridgehead atoms. The Morgan fingerprint density at radius 1 is 0.821 bits per heavy atom. The third kappa shape index (κ3) is 3.37. The van der Waals surface area contributed by atoms with E-state index in [9.17, 15) is 8.78 Å². The van der Waals surface area contributed by atoms with Crippen LogP contribution >= 0.6 is 0 Å². The third-order valence-electron chi connectivity index (χ3n) is 6.37. The van der Waals surface area contributed by atoms with Crippen LogP contribution < -0.4 is 3.27 Å². The molecule has 3 aliphatic carbocycles. The second-order valence-electron chi connectivity index (χ2n) is 8.17. The van der Waals surface area contributed by atoms with Gasteiger partial charge in [0.2, 0.25) is 0 Å². The minimum absolute atomic E-state index is 0.162. The summed E-state index contributed by atoms with van der Waals surface area (Å²) in [6.07, 6.45) is 16.2. The van der Waals surface area contributed by atoms with Gasteiger partial charge >= 0.3 is 174 Å². The van der Waals surface area contributed by atoms with Crippen molar-refractivity contribution in [3.8, 4) is 11.1 Å². The Morgan fingerprint density at radius 3 is 2.36 bits per heavy atom. The Hall–Kier alpha value is -1.47. The Labute approximate surface area is 173 Å². The predicted octanol–water partition coefficient (Wildman–Crippen LogP) is 6.15. The number of hydrogen-bond acceptors (Lipinski definition) is 0. The third-order valence-corrected chi connectivity index (χ3v) is 14.2. The van der Waals surface area contributed by atoms with Crippen LogP contribution in [0.1, 0.15) is 56.1 Å². The minimum atomic E-state index is -2.33. The van der Waals surface area contributed by atoms with E-state index in [4.69, 9.17) is 0 Å². The molecule has 0 nitrogen and oxygen atoms in total. The normalized spacial score (nSPS) is 17.9. The molecule has 2 aromatic carbocycles. The van der Waals surface area contributed by atoms with Gasteiger partial charge in [-0.2, -0.15) is 0 Å². The molecule has 1 saturated carbocycles. The molecule has 2 aromatic rings. The molecule has 0 radical (unpaired) electrons. The number of rotatable bonds is 2. The molecule has 0 atom stereocenters. The molecule has 0 saturated heterocycles. The summed E-state index contributed by atoms with van der Waals surface area (Å²) < 4.78 is 33.3. The van der Waals surface area contributed by atoms with Gasteiger partial charge in [0.1, 0.15) is 0 Å². The zero-order chi connectivity index (χ0) is 19.1. The fraction of sp³-hybridized carbons (Fsp3) is 0.320. The van der Waals surface area contributed by atoms with Crippen molar-refractivity contribution in [3.05, 3.63) is 74.6 Å². The fourth-order valence-corrected chi connectivity index (χ4v) is 13.5. The summed E-state index contributed by atoms with van der Waals surface area (Å²) in [5.74, 6) is -0.401. The van der Waals surface area contributed by atoms with Gasteiger partial charge in [-0.15, -0.1) is 0 Å². The Balaban J connectivity index is 1.72. The van der Waals surface area contributed by atoms with Gasteiger partial charge in [0.05, 0.1) is 0 Å². The first kappa shape index (κ1) is 18.6. The number of allylic oxidation sites excluding steroid dienone is 4. The number of hydrogen-bond donors (Lipinski definition) is 0. The summed E-state index contributed by atoms with van der Waals surface area (Å²) in [6.45, 7) is 0. The van der Waals surface area contributed by atoms with Gasteiger partial charge in [-0.3, -0.25) is 0 Å². The van der Waals surface area contributed by atoms with E-state index in [0.717, 1.165) is 29.5 Å². The Bertz CT molecular complexity index is 1030. The van der Waals surface area contributed by atoms with E-state index in [0.29, 0.717) is 0 Å². The SMILES string of the molecule is Fc1ccc2c(c1)-c1cc(F)c[c]([Zr]([C]3=CC=CC3)=[C]3CCCCCC3)c1C2. The van der Waals surface area contributed by atoms with Crippen molar-refractivity contribution in [2.75, 3.05) is 0 Å². The zero-order valence-corrected chi connectivity index (χ0v) is 18.5. The van der Waals surface area contributed by atoms with E-state index in [1.807, 2.05) is 12.1 Å². The van der Waals surface area contributed by atoms with Crippen LogP contribution in [-0.2, 0) is 27.7 Å². The van der Waals surface area contributed by atoms with Gasteiger partial charge in [-0.05, 0) is 0 Å². The molecular weight excluding hydrogens is 429 g/mol. The van der Waals surface area contributed by atoms with E-state index < -0.39 is 21.3 Å². The summed E-state index contributed by atoms with van der Waals surface area (Å²) in [6, 6.07) is 8.47. The van der Waals surface area contributed by atoms with E-state index in [-0.39, 0.29) is 11.6 Å². The van der Waals surface area contributed by atoms with Gasteiger partial charge in [0.25, 0.3) is 0 Å². The fourth-order valence-electron chi connectivity index (χ4n) is 5.06. The topological polar surface area (TPSA) is 0 Å². The number of halogens is 2. The van der Waals surface area contributed by atoms with E-state index >= 15 is 0 Å². The van der Waals surface area contributed by atoms with E-state index in [1.165, 1.54) is 53.4 Å². The monoisotopic (exact) mass is 452 g/mol. The van der Waals surface area contributed by atoms with Crippen LogP contribution in [0.25, 0.3) is 11.1 Å². The second kappa shape index (κ2) is 7.75. The first-order valence-electron chi connectivity index (χ1n) is 10.4. The molecule has 0 N–H and O–H groups in total. The molecule has 0 unspecified atom stereocenters. The molecular formula is C25H24F2Zr. The van der Waals surface area contributed by atoms with E-state index in [2.05, 4.69) is 18.2 Å². The molecule has 1 fully saturated rings. The average Bonchev–Trinajstić information content (AvgIpc) is 3.24. The predicted molar refractivity (Wildman–Crippen MR) is 109 cm³/mol. The first-order valence-corrected chi connectivity index (χ1v) is 14.1. The average molecular weight is 454 g/mol. The summed E-state index contributed by atoms with van der Waals surface area (Å²) in [5, 5.41) is 0. The van der Waals surface area contributed by atoms with Gasteiger partial charge in [-0.25, -0.2) is 0 Å². The first-order chi connectivity index (χ1) is 13.7. The molecule has 0 spiro atoms. The molecule has 0 heterocycles. The molecule has 28 heavy (non-hydrogen) atoms. The van der Waals surface area contributed by atoms with Crippen LogP contribution in [-0.4, -0.2) is 3.21 Å². The van der Waals surface area contributed by atoms with Gasteiger partial charge in [0, 0.05) is 0 Å². The summed E-state index contributed by atoms with van der Waals surface area (Å²) in [4.78, 5) is 0. The summed E-state index contributed by atoms with van der Waals surface area (Å²) in [7, 11) is 0. The number of benzene rings is 2. The molecule has 0 aromatic heterocycles. The van der Waals surface area contributed by atoms with E-state index in [1.54, 1.807) is 18.6 Å². The van der Waals surface area contributed by atoms with Crippen molar-refractivity contribution < 1.29 is 30.0 Å². The van der Waals surface area contributed by atoms with Crippen LogP contribution in [0.3, 0.4) is 0 Å². The second-order valence-corrected chi connectivity index (χ2v) is 14.7. The van der Waals surface area contributed by atoms with Crippen LogP contribution in [0.4, 0.5) is 8.78 Å². The zero-order valence-electron chi connectivity index (χ0n) is 16.0. The Morgan fingerprint density at radius 2 is 1.61 bits per heavy atom. The molecule has 0 aliphatic heterocycles. The van der Waals surface area contributed by atoms with Gasteiger partial charge < -0.3 is 0 Å². The van der Waals surface area contributed by atoms with Gasteiger partial charge in [0.15, 0.2) is 0 Å². The van der Waals surface area contributed by atoms with Crippen molar-refractivity contribution in [1.29, 1.82) is 0 Å². The maximum absolute atomic E-state index is 14.8. The number of fused-ring (bicyclic) bond motifs is 3. The van der Waals surface area contributed by atoms with Crippen molar-refractivity contribution in [1.82, 2.24) is 0 Å². The molecule has 3 heteroatoms. The summed E-state index contributed by atoms with van der Waals surface area (Å²) in [5.41, 5.74) is 4.24. The Kier molecular flexibility index (Phi) is 5.13. The summed E-state index contributed by atoms with van der Waals surface area (Å²) >= 11 is -2.33. The van der Waals surface area contributed by atoms with Crippen LogP contribution in [0.15, 0.2) is 51.8 Å². The maximum atomic E-state index is 14.8. The molecule has 5 rings (SSSR count). The van der Waals surface area contributed by atoms with Crippen molar-refractivity contribution >= 4 is 6.48 Å². The van der Waals surface area contributed by atoms with Crippen molar-refractivity contribution in [2.24, 2.45) is 0 Å². The van der Waals surface area contributed by atoms with Crippen molar-refractivity contribution in [3.63, 3.8) is 0 Å². The van der Waals surface area contributed by atoms with Crippen LogP contribution in [0.5, 0.6) is 0 Å². The molecule has 142 valence electrons. The molecule has 3 aliphatic rings.